The highest BCUT2D eigenvalue weighted by atomic mass is 16.5. The van der Waals surface area contributed by atoms with Crippen molar-refractivity contribution in [3.05, 3.63) is 0 Å². The molecule has 1 saturated carbocycles. The number of hydrogen-bond acceptors (Lipinski definition) is 3. The number of nitrogens with one attached hydrogen (secondary N) is 1. The van der Waals surface area contributed by atoms with Crippen LogP contribution in [-0.4, -0.2) is 32.3 Å². The monoisotopic (exact) mass is 200 g/mol. The second-order valence-corrected chi connectivity index (χ2v) is 5.23. The van der Waals surface area contributed by atoms with E-state index in [0.29, 0.717) is 18.1 Å². The van der Waals surface area contributed by atoms with Crippen molar-refractivity contribution in [1.82, 2.24) is 5.32 Å². The summed E-state index contributed by atoms with van der Waals surface area (Å²) in [5.74, 6) is 0. The zero-order valence-corrected chi connectivity index (χ0v) is 9.68. The van der Waals surface area contributed by atoms with E-state index in [1.807, 2.05) is 0 Å². The van der Waals surface area contributed by atoms with Crippen LogP contribution in [0.2, 0.25) is 0 Å². The second-order valence-electron chi connectivity index (χ2n) is 5.23. The molecule has 1 rings (SSSR count). The quantitative estimate of drug-likeness (QED) is 0.699. The van der Waals surface area contributed by atoms with Crippen LogP contribution in [0.5, 0.6) is 0 Å². The third kappa shape index (κ3) is 3.95. The molecule has 1 fully saturated rings. The minimum atomic E-state index is 0.128. The summed E-state index contributed by atoms with van der Waals surface area (Å²) in [4.78, 5) is 0. The van der Waals surface area contributed by atoms with Crippen LogP contribution in [0.1, 0.15) is 33.1 Å². The highest BCUT2D eigenvalue weighted by Crippen LogP contribution is 2.36. The SMILES string of the molecule is COCC(N)CNC1CCC(C)(C)C1. The van der Waals surface area contributed by atoms with Crippen LogP contribution in [0.3, 0.4) is 0 Å². The maximum atomic E-state index is 5.84. The van der Waals surface area contributed by atoms with Crippen molar-refractivity contribution < 1.29 is 4.74 Å². The van der Waals surface area contributed by atoms with Gasteiger partial charge in [-0.2, -0.15) is 0 Å². The minimum absolute atomic E-state index is 0.128. The Kier molecular flexibility index (Phi) is 4.35. The fourth-order valence-corrected chi connectivity index (χ4v) is 2.20. The summed E-state index contributed by atoms with van der Waals surface area (Å²) in [6.45, 7) is 6.19. The van der Waals surface area contributed by atoms with Gasteiger partial charge in [-0.1, -0.05) is 13.8 Å². The molecule has 2 atom stereocenters. The zero-order valence-electron chi connectivity index (χ0n) is 9.68. The van der Waals surface area contributed by atoms with Crippen molar-refractivity contribution in [2.45, 2.75) is 45.2 Å². The molecule has 0 aliphatic heterocycles. The molecule has 0 heterocycles. The summed E-state index contributed by atoms with van der Waals surface area (Å²) in [6.07, 6.45) is 3.88. The van der Waals surface area contributed by atoms with Gasteiger partial charge in [-0.15, -0.1) is 0 Å². The molecule has 0 spiro atoms. The fraction of sp³-hybridized carbons (Fsp3) is 1.00. The van der Waals surface area contributed by atoms with Gasteiger partial charge in [-0.25, -0.2) is 0 Å². The maximum Gasteiger partial charge on any atom is 0.0626 e. The predicted octanol–water partition coefficient (Wildman–Crippen LogP) is 1.13. The van der Waals surface area contributed by atoms with Crippen molar-refractivity contribution >= 4 is 0 Å². The van der Waals surface area contributed by atoms with Gasteiger partial charge in [-0.3, -0.25) is 0 Å². The molecular weight excluding hydrogens is 176 g/mol. The topological polar surface area (TPSA) is 47.3 Å². The number of rotatable bonds is 5. The van der Waals surface area contributed by atoms with Gasteiger partial charge in [0.2, 0.25) is 0 Å². The van der Waals surface area contributed by atoms with Crippen LogP contribution in [0, 0.1) is 5.41 Å². The van der Waals surface area contributed by atoms with Gasteiger partial charge >= 0.3 is 0 Å². The third-order valence-electron chi connectivity index (χ3n) is 3.02. The molecule has 2 unspecified atom stereocenters. The average molecular weight is 200 g/mol. The van der Waals surface area contributed by atoms with Crippen LogP contribution in [0.25, 0.3) is 0 Å². The molecule has 84 valence electrons. The zero-order chi connectivity index (χ0) is 10.6. The van der Waals surface area contributed by atoms with Crippen molar-refractivity contribution in [2.75, 3.05) is 20.3 Å². The van der Waals surface area contributed by atoms with Gasteiger partial charge in [0.25, 0.3) is 0 Å². The van der Waals surface area contributed by atoms with E-state index in [1.54, 1.807) is 7.11 Å². The third-order valence-corrected chi connectivity index (χ3v) is 3.02. The average Bonchev–Trinajstić information content (AvgIpc) is 2.43. The van der Waals surface area contributed by atoms with Crippen molar-refractivity contribution in [3.8, 4) is 0 Å². The molecule has 0 saturated heterocycles. The Morgan fingerprint density at radius 3 is 2.79 bits per heavy atom. The van der Waals surface area contributed by atoms with E-state index in [2.05, 4.69) is 19.2 Å². The molecule has 1 aliphatic rings. The predicted molar refractivity (Wildman–Crippen MR) is 59.3 cm³/mol. The Morgan fingerprint density at radius 2 is 2.29 bits per heavy atom. The van der Waals surface area contributed by atoms with Crippen molar-refractivity contribution in [2.24, 2.45) is 11.1 Å². The van der Waals surface area contributed by atoms with E-state index in [0.717, 1.165) is 6.54 Å². The molecule has 3 heteroatoms. The Hall–Kier alpha value is -0.120. The molecule has 3 nitrogen and oxygen atoms in total. The standard InChI is InChI=1S/C11H24N2O/c1-11(2)5-4-10(6-11)13-7-9(12)8-14-3/h9-10,13H,4-8,12H2,1-3H3. The highest BCUT2D eigenvalue weighted by Gasteiger charge is 2.30. The molecule has 0 amide bonds. The van der Waals surface area contributed by atoms with Crippen LogP contribution in [-0.2, 0) is 4.74 Å². The Labute approximate surface area is 87.4 Å². The van der Waals surface area contributed by atoms with Crippen LogP contribution in [0.15, 0.2) is 0 Å². The fourth-order valence-electron chi connectivity index (χ4n) is 2.20. The first-order valence-corrected chi connectivity index (χ1v) is 5.51. The Balaban J connectivity index is 2.14. The normalized spacial score (nSPS) is 27.9. The molecule has 0 bridgehead atoms. The molecule has 0 aromatic heterocycles. The van der Waals surface area contributed by atoms with Crippen LogP contribution in [0.4, 0.5) is 0 Å². The maximum absolute atomic E-state index is 5.84. The summed E-state index contributed by atoms with van der Waals surface area (Å²) in [5.41, 5.74) is 6.36. The van der Waals surface area contributed by atoms with E-state index in [1.165, 1.54) is 19.3 Å². The molecule has 14 heavy (non-hydrogen) atoms. The van der Waals surface area contributed by atoms with Gasteiger partial charge in [0.15, 0.2) is 0 Å². The Morgan fingerprint density at radius 1 is 1.57 bits per heavy atom. The van der Waals surface area contributed by atoms with Gasteiger partial charge < -0.3 is 15.8 Å². The van der Waals surface area contributed by atoms with Crippen LogP contribution < -0.4 is 11.1 Å². The van der Waals surface area contributed by atoms with E-state index >= 15 is 0 Å². The van der Waals surface area contributed by atoms with Gasteiger partial charge in [0.05, 0.1) is 6.61 Å². The largest absolute Gasteiger partial charge is 0.383 e. The Bertz CT molecular complexity index is 171. The molecule has 3 N–H and O–H groups in total. The van der Waals surface area contributed by atoms with Crippen molar-refractivity contribution in [1.29, 1.82) is 0 Å². The number of hydrogen-bond donors (Lipinski definition) is 2. The lowest BCUT2D eigenvalue weighted by atomic mass is 9.92. The summed E-state index contributed by atoms with van der Waals surface area (Å²) < 4.78 is 4.99. The highest BCUT2D eigenvalue weighted by molar-refractivity contribution is 4.86. The lowest BCUT2D eigenvalue weighted by Crippen LogP contribution is -2.41. The molecule has 0 aromatic carbocycles. The molecular formula is C11H24N2O. The summed E-state index contributed by atoms with van der Waals surface area (Å²) >= 11 is 0. The van der Waals surface area contributed by atoms with E-state index in [9.17, 15) is 0 Å². The van der Waals surface area contributed by atoms with Gasteiger partial charge in [-0.05, 0) is 24.7 Å². The van der Waals surface area contributed by atoms with E-state index < -0.39 is 0 Å². The second kappa shape index (κ2) is 5.10. The number of nitrogens with two attached hydrogens (primary N) is 1. The van der Waals surface area contributed by atoms with Crippen LogP contribution >= 0.6 is 0 Å². The summed E-state index contributed by atoms with van der Waals surface area (Å²) in [5, 5.41) is 3.52. The smallest absolute Gasteiger partial charge is 0.0626 e. The first-order chi connectivity index (χ1) is 6.53. The molecule has 1 aliphatic carbocycles. The number of ether oxygens (including phenoxy) is 1. The summed E-state index contributed by atoms with van der Waals surface area (Å²) in [7, 11) is 1.69. The van der Waals surface area contributed by atoms with Gasteiger partial charge in [0, 0.05) is 25.7 Å². The molecule has 0 radical (unpaired) electrons. The van der Waals surface area contributed by atoms with Gasteiger partial charge in [0.1, 0.15) is 0 Å². The van der Waals surface area contributed by atoms with E-state index in [-0.39, 0.29) is 6.04 Å². The minimum Gasteiger partial charge on any atom is -0.383 e. The first-order valence-electron chi connectivity index (χ1n) is 5.51. The summed E-state index contributed by atoms with van der Waals surface area (Å²) in [6, 6.07) is 0.789. The van der Waals surface area contributed by atoms with Crippen molar-refractivity contribution in [3.63, 3.8) is 0 Å². The lowest BCUT2D eigenvalue weighted by molar-refractivity contribution is 0.177. The number of methoxy groups -OCH3 is 1. The first kappa shape index (κ1) is 12.0. The lowest BCUT2D eigenvalue weighted by Gasteiger charge is -2.19. The molecule has 0 aromatic rings. The van der Waals surface area contributed by atoms with E-state index in [4.69, 9.17) is 10.5 Å².